The second kappa shape index (κ2) is 2.17. The maximum absolute atomic E-state index is 2.50. The highest BCUT2D eigenvalue weighted by molar-refractivity contribution is 5.53. The lowest BCUT2D eigenvalue weighted by molar-refractivity contribution is 0.630. The fraction of sp³-hybridized carbons (Fsp3) is 0.538. The van der Waals surface area contributed by atoms with Gasteiger partial charge in [-0.25, -0.2) is 0 Å². The Morgan fingerprint density at radius 2 is 2.31 bits per heavy atom. The van der Waals surface area contributed by atoms with Crippen LogP contribution in [0.3, 0.4) is 0 Å². The van der Waals surface area contributed by atoms with Gasteiger partial charge in [0.2, 0.25) is 0 Å². The van der Waals surface area contributed by atoms with Crippen LogP contribution in [0.1, 0.15) is 33.1 Å². The molecule has 0 N–H and O–H groups in total. The summed E-state index contributed by atoms with van der Waals surface area (Å²) in [5.41, 5.74) is 5.40. The number of rotatable bonds is 0. The van der Waals surface area contributed by atoms with Crippen LogP contribution in [0.4, 0.5) is 0 Å². The molecule has 2 unspecified atom stereocenters. The normalized spacial score (nSPS) is 41.1. The summed E-state index contributed by atoms with van der Waals surface area (Å²) in [6.45, 7) is 4.71. The molecule has 0 aromatic heterocycles. The summed E-state index contributed by atoms with van der Waals surface area (Å²) in [5.74, 6) is 0.856. The Morgan fingerprint density at radius 3 is 3.15 bits per heavy atom. The zero-order valence-corrected chi connectivity index (χ0v) is 8.43. The van der Waals surface area contributed by atoms with Gasteiger partial charge in [0.25, 0.3) is 0 Å². The van der Waals surface area contributed by atoms with E-state index >= 15 is 0 Å². The molecule has 0 heterocycles. The molecule has 3 rings (SSSR count). The molecule has 3 aliphatic rings. The van der Waals surface area contributed by atoms with E-state index in [4.69, 9.17) is 0 Å². The molecule has 0 amide bonds. The number of hydrogen-bond donors (Lipinski definition) is 0. The molecule has 1 saturated carbocycles. The maximum atomic E-state index is 2.50. The topological polar surface area (TPSA) is 0 Å². The van der Waals surface area contributed by atoms with Crippen molar-refractivity contribution in [3.05, 3.63) is 34.9 Å². The van der Waals surface area contributed by atoms with Crippen molar-refractivity contribution in [1.82, 2.24) is 0 Å². The average molecular weight is 172 g/mol. The minimum atomic E-state index is 0.533. The van der Waals surface area contributed by atoms with Crippen LogP contribution >= 0.6 is 0 Å². The van der Waals surface area contributed by atoms with Crippen molar-refractivity contribution in [2.75, 3.05) is 0 Å². The minimum absolute atomic E-state index is 0.533. The van der Waals surface area contributed by atoms with E-state index in [1.165, 1.54) is 19.3 Å². The van der Waals surface area contributed by atoms with Crippen molar-refractivity contribution in [3.8, 4) is 0 Å². The predicted molar refractivity (Wildman–Crippen MR) is 55.4 cm³/mol. The molecule has 0 saturated heterocycles. The lowest BCUT2D eigenvalue weighted by atomic mass is 9.79. The molecule has 0 bridgehead atoms. The Bertz CT molecular complexity index is 354. The van der Waals surface area contributed by atoms with Crippen molar-refractivity contribution in [2.45, 2.75) is 33.1 Å². The highest BCUT2D eigenvalue weighted by Crippen LogP contribution is 2.63. The second-order valence-electron chi connectivity index (χ2n) is 4.91. The lowest BCUT2D eigenvalue weighted by Crippen LogP contribution is -2.11. The van der Waals surface area contributed by atoms with Gasteiger partial charge in [-0.15, -0.1) is 0 Å². The van der Waals surface area contributed by atoms with Crippen LogP contribution in [0.2, 0.25) is 0 Å². The standard InChI is InChI=1S/C13H16/c1-9-7-10-8-13(10,2)12-6-4-3-5-11(9)12/h4,6-7,10H,3,5,8H2,1-2H3. The van der Waals surface area contributed by atoms with Crippen LogP contribution in [0.25, 0.3) is 0 Å². The molecule has 0 heteroatoms. The van der Waals surface area contributed by atoms with Gasteiger partial charge in [-0.05, 0) is 48.7 Å². The Hall–Kier alpha value is -0.780. The number of hydrogen-bond acceptors (Lipinski definition) is 0. The van der Waals surface area contributed by atoms with Gasteiger partial charge in [0, 0.05) is 0 Å². The molecule has 13 heavy (non-hydrogen) atoms. The highest BCUT2D eigenvalue weighted by Gasteiger charge is 2.53. The van der Waals surface area contributed by atoms with E-state index in [1.54, 1.807) is 16.7 Å². The van der Waals surface area contributed by atoms with Gasteiger partial charge in [0.1, 0.15) is 0 Å². The van der Waals surface area contributed by atoms with Gasteiger partial charge in [-0.2, -0.15) is 0 Å². The summed E-state index contributed by atoms with van der Waals surface area (Å²) in [6.07, 6.45) is 11.1. The Morgan fingerprint density at radius 1 is 1.46 bits per heavy atom. The molecular weight excluding hydrogens is 156 g/mol. The van der Waals surface area contributed by atoms with E-state index in [0.29, 0.717) is 5.41 Å². The average Bonchev–Trinajstić information content (AvgIpc) is 2.79. The quantitative estimate of drug-likeness (QED) is 0.523. The molecule has 0 nitrogen and oxygen atoms in total. The van der Waals surface area contributed by atoms with Crippen LogP contribution < -0.4 is 0 Å². The van der Waals surface area contributed by atoms with Crippen LogP contribution in [0, 0.1) is 11.3 Å². The Labute approximate surface area is 80.0 Å². The Balaban J connectivity index is 2.16. The van der Waals surface area contributed by atoms with Gasteiger partial charge in [-0.1, -0.05) is 30.7 Å². The van der Waals surface area contributed by atoms with Crippen molar-refractivity contribution in [3.63, 3.8) is 0 Å². The molecule has 0 aromatic carbocycles. The third-order valence-corrected chi connectivity index (χ3v) is 4.02. The smallest absolute Gasteiger partial charge is 0.000341 e. The number of allylic oxidation sites excluding steroid dienone is 6. The summed E-state index contributed by atoms with van der Waals surface area (Å²) in [6, 6.07) is 0. The maximum Gasteiger partial charge on any atom is -0.000341 e. The second-order valence-corrected chi connectivity index (χ2v) is 4.91. The molecule has 2 atom stereocenters. The first-order valence-corrected chi connectivity index (χ1v) is 5.31. The van der Waals surface area contributed by atoms with Crippen molar-refractivity contribution >= 4 is 0 Å². The van der Waals surface area contributed by atoms with E-state index in [9.17, 15) is 0 Å². The van der Waals surface area contributed by atoms with Gasteiger partial charge in [0.15, 0.2) is 0 Å². The van der Waals surface area contributed by atoms with Crippen LogP contribution in [-0.2, 0) is 0 Å². The van der Waals surface area contributed by atoms with E-state index in [-0.39, 0.29) is 0 Å². The third-order valence-electron chi connectivity index (χ3n) is 4.02. The van der Waals surface area contributed by atoms with Gasteiger partial charge in [-0.3, -0.25) is 0 Å². The summed E-state index contributed by atoms with van der Waals surface area (Å²) in [5, 5.41) is 0. The SMILES string of the molecule is CC1=CC2CC2(C)C2=C1CCC=C2. The first-order valence-electron chi connectivity index (χ1n) is 5.31. The predicted octanol–water partition coefficient (Wildman–Crippen LogP) is 3.62. The zero-order valence-electron chi connectivity index (χ0n) is 8.43. The molecule has 0 aliphatic heterocycles. The first kappa shape index (κ1) is 7.61. The molecule has 0 spiro atoms. The van der Waals surface area contributed by atoms with Crippen LogP contribution in [0.15, 0.2) is 34.9 Å². The van der Waals surface area contributed by atoms with Gasteiger partial charge < -0.3 is 0 Å². The monoisotopic (exact) mass is 172 g/mol. The molecular formula is C13H16. The van der Waals surface area contributed by atoms with E-state index in [1.807, 2.05) is 0 Å². The minimum Gasteiger partial charge on any atom is -0.0839 e. The highest BCUT2D eigenvalue weighted by atomic mass is 14.6. The van der Waals surface area contributed by atoms with Crippen molar-refractivity contribution in [1.29, 1.82) is 0 Å². The molecule has 3 aliphatic carbocycles. The first-order chi connectivity index (χ1) is 6.22. The van der Waals surface area contributed by atoms with Gasteiger partial charge in [0.05, 0.1) is 0 Å². The third kappa shape index (κ3) is 0.864. The molecule has 68 valence electrons. The van der Waals surface area contributed by atoms with E-state index in [2.05, 4.69) is 32.1 Å². The largest absolute Gasteiger partial charge is 0.0839 e. The van der Waals surface area contributed by atoms with Crippen molar-refractivity contribution in [2.24, 2.45) is 11.3 Å². The van der Waals surface area contributed by atoms with Crippen molar-refractivity contribution < 1.29 is 0 Å². The summed E-state index contributed by atoms with van der Waals surface area (Å²) < 4.78 is 0. The fourth-order valence-electron chi connectivity index (χ4n) is 2.96. The Kier molecular flexibility index (Phi) is 1.27. The summed E-state index contributed by atoms with van der Waals surface area (Å²) in [7, 11) is 0. The molecule has 0 aromatic rings. The van der Waals surface area contributed by atoms with Crippen LogP contribution in [-0.4, -0.2) is 0 Å². The zero-order chi connectivity index (χ0) is 9.05. The van der Waals surface area contributed by atoms with E-state index in [0.717, 1.165) is 5.92 Å². The number of fused-ring (bicyclic) bond motifs is 2. The summed E-state index contributed by atoms with van der Waals surface area (Å²) >= 11 is 0. The fourth-order valence-corrected chi connectivity index (χ4v) is 2.96. The summed E-state index contributed by atoms with van der Waals surface area (Å²) in [4.78, 5) is 0. The van der Waals surface area contributed by atoms with Gasteiger partial charge >= 0.3 is 0 Å². The van der Waals surface area contributed by atoms with E-state index < -0.39 is 0 Å². The molecule has 1 fully saturated rings. The molecule has 0 radical (unpaired) electrons. The van der Waals surface area contributed by atoms with Crippen LogP contribution in [0.5, 0.6) is 0 Å². The lowest BCUT2D eigenvalue weighted by Gasteiger charge is -2.26.